The van der Waals surface area contributed by atoms with Crippen molar-refractivity contribution in [1.82, 2.24) is 0 Å². The normalized spacial score (nSPS) is 48.1. The van der Waals surface area contributed by atoms with Gasteiger partial charge in [-0.1, -0.05) is 0 Å². The Kier molecular flexibility index (Phi) is 2.52. The van der Waals surface area contributed by atoms with E-state index in [1.165, 1.54) is 0 Å². The molecule has 0 radical (unpaired) electrons. The van der Waals surface area contributed by atoms with Gasteiger partial charge in [-0.2, -0.15) is 0 Å². The molecule has 1 heterocycles. The summed E-state index contributed by atoms with van der Waals surface area (Å²) in [5, 5.41) is 53.6. The molecule has 1 rings (SSSR count). The van der Waals surface area contributed by atoms with Crippen LogP contribution in [-0.2, 0) is 9.53 Å². The van der Waals surface area contributed by atoms with E-state index in [1.54, 1.807) is 0 Å². The predicted octanol–water partition coefficient (Wildman–Crippen LogP) is -3.81. The molecule has 8 nitrogen and oxygen atoms in total. The van der Waals surface area contributed by atoms with E-state index in [1.807, 2.05) is 0 Å². The maximum Gasteiger partial charge on any atom is 0.367 e. The van der Waals surface area contributed by atoms with Crippen molar-refractivity contribution in [2.75, 3.05) is 6.61 Å². The van der Waals surface area contributed by atoms with Crippen molar-refractivity contribution in [3.05, 3.63) is 0 Å². The molecule has 4 atom stereocenters. The number of rotatable bonds is 2. The first kappa shape index (κ1) is 11.3. The summed E-state index contributed by atoms with van der Waals surface area (Å²) in [5.41, 5.74) is 0. The van der Waals surface area contributed by atoms with Crippen LogP contribution in [0.3, 0.4) is 0 Å². The van der Waals surface area contributed by atoms with Gasteiger partial charge in [0.25, 0.3) is 5.79 Å². The summed E-state index contributed by atoms with van der Waals surface area (Å²) in [5.74, 6) is -7.79. The van der Waals surface area contributed by atoms with Crippen molar-refractivity contribution in [3.8, 4) is 0 Å². The molecular formula is C6H10O8. The van der Waals surface area contributed by atoms with Gasteiger partial charge in [0.05, 0.1) is 6.61 Å². The first-order valence-electron chi connectivity index (χ1n) is 3.63. The fraction of sp³-hybridized carbons (Fsp3) is 0.833. The summed E-state index contributed by atoms with van der Waals surface area (Å²) in [7, 11) is 0. The highest BCUT2D eigenvalue weighted by Crippen LogP contribution is 2.35. The van der Waals surface area contributed by atoms with Crippen molar-refractivity contribution in [1.29, 1.82) is 0 Å². The van der Waals surface area contributed by atoms with Gasteiger partial charge < -0.3 is 35.4 Å². The van der Waals surface area contributed by atoms with Crippen LogP contribution < -0.4 is 0 Å². The molecule has 0 saturated carbocycles. The van der Waals surface area contributed by atoms with Gasteiger partial charge in [0, 0.05) is 0 Å². The average molecular weight is 210 g/mol. The second kappa shape index (κ2) is 3.12. The Morgan fingerprint density at radius 3 is 2.00 bits per heavy atom. The fourth-order valence-corrected chi connectivity index (χ4v) is 1.15. The van der Waals surface area contributed by atoms with Crippen LogP contribution in [0.1, 0.15) is 0 Å². The summed E-state index contributed by atoms with van der Waals surface area (Å²) in [6.45, 7) is -1.17. The molecule has 6 N–H and O–H groups in total. The maximum absolute atomic E-state index is 10.4. The van der Waals surface area contributed by atoms with E-state index in [9.17, 15) is 15.0 Å². The van der Waals surface area contributed by atoms with Crippen LogP contribution in [0.5, 0.6) is 0 Å². The Morgan fingerprint density at radius 1 is 1.29 bits per heavy atom. The maximum atomic E-state index is 10.4. The molecule has 1 aliphatic heterocycles. The lowest BCUT2D eigenvalue weighted by molar-refractivity contribution is -0.309. The van der Waals surface area contributed by atoms with Crippen LogP contribution in [0.15, 0.2) is 0 Å². The highest BCUT2D eigenvalue weighted by molar-refractivity contribution is 5.76. The Morgan fingerprint density at radius 2 is 1.79 bits per heavy atom. The van der Waals surface area contributed by atoms with Crippen LogP contribution in [0, 0.1) is 0 Å². The zero-order chi connectivity index (χ0) is 11.1. The van der Waals surface area contributed by atoms with Crippen molar-refractivity contribution in [2.24, 2.45) is 0 Å². The minimum atomic E-state index is -3.13. The van der Waals surface area contributed by atoms with Gasteiger partial charge in [-0.05, 0) is 0 Å². The number of carboxylic acid groups (broad SMARTS) is 1. The van der Waals surface area contributed by atoms with Crippen LogP contribution in [-0.4, -0.2) is 67.0 Å². The van der Waals surface area contributed by atoms with Gasteiger partial charge in [-0.3, -0.25) is 0 Å². The first-order chi connectivity index (χ1) is 6.28. The number of carbonyl (C=O) groups is 1. The molecule has 0 aromatic carbocycles. The second-order valence-corrected chi connectivity index (χ2v) is 3.00. The fourth-order valence-electron chi connectivity index (χ4n) is 1.15. The van der Waals surface area contributed by atoms with Gasteiger partial charge in [0.1, 0.15) is 6.10 Å². The summed E-state index contributed by atoms with van der Waals surface area (Å²) in [6, 6.07) is 0. The first-order valence-corrected chi connectivity index (χ1v) is 3.63. The quantitative estimate of drug-likeness (QED) is 0.272. The van der Waals surface area contributed by atoms with Gasteiger partial charge >= 0.3 is 5.97 Å². The summed E-state index contributed by atoms with van der Waals surface area (Å²) in [6.07, 6.45) is -4.37. The summed E-state index contributed by atoms with van der Waals surface area (Å²) < 4.78 is 4.13. The van der Waals surface area contributed by atoms with Crippen LogP contribution in [0.2, 0.25) is 0 Å². The molecule has 82 valence electrons. The third kappa shape index (κ3) is 1.29. The van der Waals surface area contributed by atoms with Gasteiger partial charge in [-0.15, -0.1) is 0 Å². The van der Waals surface area contributed by atoms with E-state index >= 15 is 0 Å². The number of hydrogen-bond donors (Lipinski definition) is 6. The zero-order valence-corrected chi connectivity index (χ0v) is 6.86. The molecule has 0 aromatic rings. The molecular weight excluding hydrogens is 200 g/mol. The van der Waals surface area contributed by atoms with E-state index in [4.69, 9.17) is 20.4 Å². The molecule has 14 heavy (non-hydrogen) atoms. The topological polar surface area (TPSA) is 148 Å². The molecule has 0 aliphatic carbocycles. The number of aliphatic carboxylic acids is 1. The van der Waals surface area contributed by atoms with Crippen LogP contribution >= 0.6 is 0 Å². The number of aliphatic hydroxyl groups excluding tert-OH is 3. The molecule has 1 fully saturated rings. The number of carboxylic acids is 1. The van der Waals surface area contributed by atoms with Gasteiger partial charge in [0.15, 0.2) is 6.10 Å². The molecule has 1 aliphatic rings. The van der Waals surface area contributed by atoms with E-state index in [-0.39, 0.29) is 0 Å². The zero-order valence-electron chi connectivity index (χ0n) is 6.86. The Hall–Kier alpha value is -0.770. The molecule has 1 saturated heterocycles. The molecule has 0 amide bonds. The number of hydrogen-bond acceptors (Lipinski definition) is 7. The molecule has 0 unspecified atom stereocenters. The van der Waals surface area contributed by atoms with Crippen molar-refractivity contribution in [2.45, 2.75) is 23.8 Å². The lowest BCUT2D eigenvalue weighted by Gasteiger charge is -2.23. The minimum Gasteiger partial charge on any atom is -0.477 e. The highest BCUT2D eigenvalue weighted by Gasteiger charge is 2.65. The largest absolute Gasteiger partial charge is 0.477 e. The number of aliphatic hydroxyl groups is 5. The third-order valence-electron chi connectivity index (χ3n) is 2.03. The standard InChI is InChI=1S/C6H10O8/c7-1-5(12)2(8)3(9)6(13,14-5)4(10)11/h2-3,7-9,12-13H,1H2,(H,10,11)/t2-,3-,5-,6-/m0/s1. The monoisotopic (exact) mass is 210 g/mol. The molecule has 0 aromatic heterocycles. The molecule has 0 bridgehead atoms. The van der Waals surface area contributed by atoms with E-state index in [0.717, 1.165) is 0 Å². The van der Waals surface area contributed by atoms with Crippen LogP contribution in [0.4, 0.5) is 0 Å². The lowest BCUT2D eigenvalue weighted by Crippen LogP contribution is -2.49. The highest BCUT2D eigenvalue weighted by atomic mass is 16.8. The predicted molar refractivity (Wildman–Crippen MR) is 37.7 cm³/mol. The molecule has 0 spiro atoms. The Balaban J connectivity index is 3.03. The summed E-state index contributed by atoms with van der Waals surface area (Å²) >= 11 is 0. The average Bonchev–Trinajstić information content (AvgIpc) is 2.30. The number of ether oxygens (including phenoxy) is 1. The summed E-state index contributed by atoms with van der Waals surface area (Å²) in [4.78, 5) is 10.4. The minimum absolute atomic E-state index is 1.17. The Labute approximate surface area is 77.6 Å². The van der Waals surface area contributed by atoms with E-state index in [2.05, 4.69) is 4.74 Å². The SMILES string of the molecule is O=C(O)[C@@]1(O)O[C@@](O)(CO)[C@@H](O)[C@@H]1O. The van der Waals surface area contributed by atoms with Crippen molar-refractivity contribution in [3.63, 3.8) is 0 Å². The van der Waals surface area contributed by atoms with Gasteiger partial charge in [-0.25, -0.2) is 4.79 Å². The lowest BCUT2D eigenvalue weighted by atomic mass is 10.0. The second-order valence-electron chi connectivity index (χ2n) is 3.00. The Bertz CT molecular complexity index is 254. The van der Waals surface area contributed by atoms with Crippen molar-refractivity contribution < 1.29 is 40.2 Å². The molecule has 8 heteroatoms. The third-order valence-corrected chi connectivity index (χ3v) is 2.03. The van der Waals surface area contributed by atoms with E-state index < -0.39 is 36.4 Å². The van der Waals surface area contributed by atoms with Crippen LogP contribution in [0.25, 0.3) is 0 Å². The van der Waals surface area contributed by atoms with Crippen molar-refractivity contribution >= 4 is 5.97 Å². The van der Waals surface area contributed by atoms with E-state index in [0.29, 0.717) is 0 Å². The smallest absolute Gasteiger partial charge is 0.367 e. The van der Waals surface area contributed by atoms with Gasteiger partial charge in [0.2, 0.25) is 5.79 Å².